The minimum absolute atomic E-state index is 0.837. The molecule has 0 N–H and O–H groups in total. The Labute approximate surface area is 109 Å². The molecule has 1 heteroatoms. The first-order valence-electron chi connectivity index (χ1n) is 6.22. The van der Waals surface area contributed by atoms with Crippen LogP contribution in [0.4, 0.5) is 5.69 Å². The molecule has 0 aliphatic heterocycles. The Hall–Kier alpha value is -2.02. The molecule has 0 heterocycles. The molecule has 92 valence electrons. The van der Waals surface area contributed by atoms with Crippen LogP contribution in [0.25, 0.3) is 10.8 Å². The van der Waals surface area contributed by atoms with Gasteiger partial charge in [0.1, 0.15) is 0 Å². The summed E-state index contributed by atoms with van der Waals surface area (Å²) in [5.41, 5.74) is 2.51. The Morgan fingerprint density at radius 1 is 0.944 bits per heavy atom. The molecule has 1 nitrogen and oxygen atoms in total. The van der Waals surface area contributed by atoms with E-state index in [-0.39, 0.29) is 0 Å². The number of fused-ring (bicyclic) bond motifs is 1. The third-order valence-electron chi connectivity index (χ3n) is 3.04. The Morgan fingerprint density at radius 2 is 1.56 bits per heavy atom. The quantitative estimate of drug-likeness (QED) is 0.700. The van der Waals surface area contributed by atoms with Crippen LogP contribution in [-0.2, 0) is 0 Å². The van der Waals surface area contributed by atoms with Crippen LogP contribution in [0, 0.1) is 6.92 Å². The van der Waals surface area contributed by atoms with Crippen molar-refractivity contribution in [1.82, 2.24) is 0 Å². The molecular weight excluding hydrogens is 218 g/mol. The Morgan fingerprint density at radius 3 is 2.22 bits per heavy atom. The normalized spacial score (nSPS) is 10.3. The molecule has 0 aliphatic carbocycles. The fraction of sp³-hybridized carbons (Fsp3) is 0.176. The lowest BCUT2D eigenvalue weighted by atomic mass is 10.1. The first-order valence-corrected chi connectivity index (χ1v) is 6.22. The molecule has 2 rings (SSSR count). The Kier molecular flexibility index (Phi) is 3.83. The first-order chi connectivity index (χ1) is 8.74. The largest absolute Gasteiger partial charge is 0.364 e. The van der Waals surface area contributed by atoms with Crippen LogP contribution in [0.15, 0.2) is 61.7 Å². The maximum absolute atomic E-state index is 3.81. The number of rotatable bonds is 5. The molecule has 18 heavy (non-hydrogen) atoms. The van der Waals surface area contributed by atoms with E-state index in [1.54, 1.807) is 0 Å². The molecule has 0 fully saturated rings. The molecule has 0 aromatic heterocycles. The lowest BCUT2D eigenvalue weighted by molar-refractivity contribution is 0.958. The number of hydrogen-bond acceptors (Lipinski definition) is 1. The second-order valence-electron chi connectivity index (χ2n) is 4.52. The average Bonchev–Trinajstić information content (AvgIpc) is 2.38. The van der Waals surface area contributed by atoms with Gasteiger partial charge in [-0.3, -0.25) is 0 Å². The van der Waals surface area contributed by atoms with Crippen LogP contribution in [0.5, 0.6) is 0 Å². The van der Waals surface area contributed by atoms with Crippen molar-refractivity contribution in [2.24, 2.45) is 0 Å². The number of benzene rings is 2. The summed E-state index contributed by atoms with van der Waals surface area (Å²) in [6.07, 6.45) is 3.84. The molecule has 0 amide bonds. The minimum atomic E-state index is 0.837. The molecule has 0 saturated heterocycles. The third kappa shape index (κ3) is 2.62. The van der Waals surface area contributed by atoms with E-state index < -0.39 is 0 Å². The first kappa shape index (κ1) is 12.4. The van der Waals surface area contributed by atoms with Crippen molar-refractivity contribution in [2.75, 3.05) is 18.0 Å². The zero-order chi connectivity index (χ0) is 13.0. The number of nitrogens with zero attached hydrogens (tertiary/aromatic N) is 1. The highest BCUT2D eigenvalue weighted by Crippen LogP contribution is 2.23. The van der Waals surface area contributed by atoms with E-state index in [0.29, 0.717) is 0 Å². The van der Waals surface area contributed by atoms with Gasteiger partial charge in [0, 0.05) is 18.8 Å². The lowest BCUT2D eigenvalue weighted by Crippen LogP contribution is -2.22. The van der Waals surface area contributed by atoms with Crippen LogP contribution in [0.1, 0.15) is 5.56 Å². The summed E-state index contributed by atoms with van der Waals surface area (Å²) in [5.74, 6) is 0. The van der Waals surface area contributed by atoms with Gasteiger partial charge < -0.3 is 4.90 Å². The predicted octanol–water partition coefficient (Wildman–Crippen LogP) is 4.33. The van der Waals surface area contributed by atoms with Crippen LogP contribution < -0.4 is 4.90 Å². The van der Waals surface area contributed by atoms with Crippen molar-refractivity contribution in [1.29, 1.82) is 0 Å². The van der Waals surface area contributed by atoms with Gasteiger partial charge in [-0.15, -0.1) is 13.2 Å². The van der Waals surface area contributed by atoms with E-state index >= 15 is 0 Å². The number of aryl methyl sites for hydroxylation is 1. The SMILES string of the molecule is C=CCN(CC=C)c1ccc2cc(C)ccc2c1. The maximum atomic E-state index is 3.81. The molecule has 0 aliphatic rings. The van der Waals surface area contributed by atoms with Crippen LogP contribution in [-0.4, -0.2) is 13.1 Å². The van der Waals surface area contributed by atoms with Gasteiger partial charge in [-0.05, 0) is 29.8 Å². The van der Waals surface area contributed by atoms with E-state index in [1.165, 1.54) is 22.0 Å². The van der Waals surface area contributed by atoms with Crippen molar-refractivity contribution in [3.63, 3.8) is 0 Å². The summed E-state index contributed by atoms with van der Waals surface area (Å²) >= 11 is 0. The molecular formula is C17H19N. The zero-order valence-corrected chi connectivity index (χ0v) is 10.9. The second-order valence-corrected chi connectivity index (χ2v) is 4.52. The van der Waals surface area contributed by atoms with Gasteiger partial charge in [-0.25, -0.2) is 0 Å². The predicted molar refractivity (Wildman–Crippen MR) is 81.3 cm³/mol. The lowest BCUT2D eigenvalue weighted by Gasteiger charge is -2.22. The summed E-state index contributed by atoms with van der Waals surface area (Å²) in [6.45, 7) is 11.4. The van der Waals surface area contributed by atoms with Crippen LogP contribution in [0.3, 0.4) is 0 Å². The standard InChI is InChI=1S/C17H19N/c1-4-10-18(11-5-2)17-9-8-15-12-14(3)6-7-16(15)13-17/h4-9,12-13H,1-2,10-11H2,3H3. The van der Waals surface area contributed by atoms with E-state index in [0.717, 1.165) is 13.1 Å². The summed E-state index contributed by atoms with van der Waals surface area (Å²) in [4.78, 5) is 2.25. The van der Waals surface area contributed by atoms with Crippen LogP contribution >= 0.6 is 0 Å². The van der Waals surface area contributed by atoms with Gasteiger partial charge in [0.2, 0.25) is 0 Å². The van der Waals surface area contributed by atoms with Gasteiger partial charge in [0.25, 0.3) is 0 Å². The van der Waals surface area contributed by atoms with Gasteiger partial charge in [-0.1, -0.05) is 42.0 Å². The highest BCUT2D eigenvalue weighted by atomic mass is 15.1. The molecule has 0 unspecified atom stereocenters. The zero-order valence-electron chi connectivity index (χ0n) is 10.9. The minimum Gasteiger partial charge on any atom is -0.364 e. The molecule has 0 bridgehead atoms. The Bertz CT molecular complexity index is 559. The molecule has 0 atom stereocenters. The monoisotopic (exact) mass is 237 g/mol. The van der Waals surface area contributed by atoms with E-state index in [9.17, 15) is 0 Å². The molecule has 0 spiro atoms. The molecule has 2 aromatic carbocycles. The fourth-order valence-electron chi connectivity index (χ4n) is 2.15. The maximum Gasteiger partial charge on any atom is 0.0378 e. The summed E-state index contributed by atoms with van der Waals surface area (Å²) in [5, 5.41) is 2.56. The smallest absolute Gasteiger partial charge is 0.0378 e. The molecule has 0 radical (unpaired) electrons. The van der Waals surface area contributed by atoms with Gasteiger partial charge >= 0.3 is 0 Å². The third-order valence-corrected chi connectivity index (χ3v) is 3.04. The van der Waals surface area contributed by atoms with E-state index in [1.807, 2.05) is 12.2 Å². The topological polar surface area (TPSA) is 3.24 Å². The summed E-state index contributed by atoms with van der Waals surface area (Å²) in [7, 11) is 0. The highest BCUT2D eigenvalue weighted by molar-refractivity contribution is 5.86. The average molecular weight is 237 g/mol. The van der Waals surface area contributed by atoms with Crippen LogP contribution in [0.2, 0.25) is 0 Å². The van der Waals surface area contributed by atoms with Gasteiger partial charge in [-0.2, -0.15) is 0 Å². The molecule has 2 aromatic rings. The summed E-state index contributed by atoms with van der Waals surface area (Å²) < 4.78 is 0. The fourth-order valence-corrected chi connectivity index (χ4v) is 2.15. The van der Waals surface area contributed by atoms with E-state index in [4.69, 9.17) is 0 Å². The van der Waals surface area contributed by atoms with Gasteiger partial charge in [0.05, 0.1) is 0 Å². The van der Waals surface area contributed by atoms with Gasteiger partial charge in [0.15, 0.2) is 0 Å². The summed E-state index contributed by atoms with van der Waals surface area (Å²) in [6, 6.07) is 13.1. The van der Waals surface area contributed by atoms with Crippen molar-refractivity contribution < 1.29 is 0 Å². The van der Waals surface area contributed by atoms with Crippen molar-refractivity contribution in [3.8, 4) is 0 Å². The van der Waals surface area contributed by atoms with E-state index in [2.05, 4.69) is 61.4 Å². The molecule has 0 saturated carbocycles. The number of hydrogen-bond donors (Lipinski definition) is 0. The van der Waals surface area contributed by atoms with Crippen molar-refractivity contribution in [2.45, 2.75) is 6.92 Å². The van der Waals surface area contributed by atoms with Crippen molar-refractivity contribution >= 4 is 16.5 Å². The Balaban J connectivity index is 2.41. The highest BCUT2D eigenvalue weighted by Gasteiger charge is 2.03. The van der Waals surface area contributed by atoms with Crippen molar-refractivity contribution in [3.05, 3.63) is 67.3 Å². The second kappa shape index (κ2) is 5.54. The number of anilines is 1.